The Kier molecular flexibility index (Phi) is 12.2. The van der Waals surface area contributed by atoms with Crippen LogP contribution in [0, 0.1) is 5.92 Å². The van der Waals surface area contributed by atoms with Gasteiger partial charge in [-0.1, -0.05) is 92.8 Å². The zero-order chi connectivity index (χ0) is 36.5. The van der Waals surface area contributed by atoms with Crippen molar-refractivity contribution in [3.63, 3.8) is 0 Å². The normalized spacial score (nSPS) is 17.0. The van der Waals surface area contributed by atoms with Gasteiger partial charge in [-0.25, -0.2) is 14.4 Å². The molecule has 5 N–H and O–H groups in total. The first-order valence-corrected chi connectivity index (χ1v) is 18.3. The summed E-state index contributed by atoms with van der Waals surface area (Å²) in [6, 6.07) is 20.1. The molecule has 15 heteroatoms. The SMILES string of the molecule is CN(CCC1CCCCC1)C(=O)CN1C(=O)C(NC(=O)C(Cc2ccc(OP(=O)(O)O)cc2)NC(=O)O)N=C(c2ccccc2)c2ccccc21. The molecule has 3 aromatic rings. The molecule has 0 aromatic heterocycles. The number of anilines is 1. The average Bonchev–Trinajstić information content (AvgIpc) is 3.22. The maximum Gasteiger partial charge on any atom is 0.524 e. The minimum atomic E-state index is -4.80. The van der Waals surface area contributed by atoms with Gasteiger partial charge >= 0.3 is 13.9 Å². The van der Waals surface area contributed by atoms with E-state index in [0.717, 1.165) is 19.3 Å². The maximum atomic E-state index is 14.4. The van der Waals surface area contributed by atoms with Crippen LogP contribution in [0.5, 0.6) is 5.75 Å². The van der Waals surface area contributed by atoms with Crippen molar-refractivity contribution in [1.82, 2.24) is 15.5 Å². The van der Waals surface area contributed by atoms with E-state index in [1.54, 1.807) is 36.2 Å². The highest BCUT2D eigenvalue weighted by molar-refractivity contribution is 7.46. The summed E-state index contributed by atoms with van der Waals surface area (Å²) in [5.74, 6) is -1.37. The molecule has 51 heavy (non-hydrogen) atoms. The fourth-order valence-electron chi connectivity index (χ4n) is 6.40. The second-order valence-electron chi connectivity index (χ2n) is 12.7. The highest BCUT2D eigenvalue weighted by Crippen LogP contribution is 2.37. The fraction of sp³-hybridized carbons (Fsp3) is 0.361. The summed E-state index contributed by atoms with van der Waals surface area (Å²) < 4.78 is 15.7. The Morgan fingerprint density at radius 2 is 1.65 bits per heavy atom. The van der Waals surface area contributed by atoms with Gasteiger partial charge in [-0.15, -0.1) is 0 Å². The first-order chi connectivity index (χ1) is 24.4. The number of rotatable bonds is 13. The maximum absolute atomic E-state index is 14.4. The molecule has 270 valence electrons. The van der Waals surface area contributed by atoms with Crippen LogP contribution in [0.4, 0.5) is 10.5 Å². The third kappa shape index (κ3) is 10.3. The smallest absolute Gasteiger partial charge is 0.465 e. The Morgan fingerprint density at radius 1 is 0.980 bits per heavy atom. The molecule has 2 unspecified atom stereocenters. The molecule has 3 aromatic carbocycles. The summed E-state index contributed by atoms with van der Waals surface area (Å²) in [5.41, 5.74) is 2.50. The molecule has 4 amide bonds. The van der Waals surface area contributed by atoms with Crippen LogP contribution in [0.25, 0.3) is 0 Å². The molecule has 14 nitrogen and oxygen atoms in total. The number of phosphoric acid groups is 1. The molecule has 5 rings (SSSR count). The van der Waals surface area contributed by atoms with Crippen LogP contribution >= 0.6 is 7.82 Å². The van der Waals surface area contributed by atoms with Gasteiger partial charge in [-0.3, -0.25) is 29.1 Å². The van der Waals surface area contributed by atoms with Crippen LogP contribution in [-0.2, 0) is 25.4 Å². The van der Waals surface area contributed by atoms with Crippen LogP contribution in [-0.4, -0.2) is 81.7 Å². The fourth-order valence-corrected chi connectivity index (χ4v) is 6.79. The van der Waals surface area contributed by atoms with E-state index < -0.39 is 37.9 Å². The molecule has 2 atom stereocenters. The third-order valence-corrected chi connectivity index (χ3v) is 9.50. The minimum Gasteiger partial charge on any atom is -0.465 e. The second-order valence-corrected chi connectivity index (χ2v) is 13.9. The first kappa shape index (κ1) is 37.2. The number of hydrogen-bond donors (Lipinski definition) is 5. The number of likely N-dealkylation sites (N-methyl/N-ethyl adjacent to an activating group) is 1. The van der Waals surface area contributed by atoms with E-state index in [1.807, 2.05) is 30.3 Å². The number of fused-ring (bicyclic) bond motifs is 1. The number of nitrogens with zero attached hydrogens (tertiary/aromatic N) is 3. The monoisotopic (exact) mass is 719 g/mol. The van der Waals surface area contributed by atoms with Crippen LogP contribution < -0.4 is 20.1 Å². The van der Waals surface area contributed by atoms with Gasteiger partial charge in [0.1, 0.15) is 18.3 Å². The molecule has 1 aliphatic heterocycles. The predicted octanol–water partition coefficient (Wildman–Crippen LogP) is 4.09. The lowest BCUT2D eigenvalue weighted by Gasteiger charge is -2.29. The van der Waals surface area contributed by atoms with Gasteiger partial charge in [0, 0.05) is 31.1 Å². The topological polar surface area (TPSA) is 198 Å². The number of hydrogen-bond acceptors (Lipinski definition) is 7. The summed E-state index contributed by atoms with van der Waals surface area (Å²) in [6.45, 7) is 0.245. The van der Waals surface area contributed by atoms with E-state index in [2.05, 4.69) is 15.2 Å². The Bertz CT molecular complexity index is 1790. The molecule has 0 bridgehead atoms. The van der Waals surface area contributed by atoms with Crippen molar-refractivity contribution in [3.05, 3.63) is 95.6 Å². The highest BCUT2D eigenvalue weighted by Gasteiger charge is 2.36. The van der Waals surface area contributed by atoms with Gasteiger partial charge in [0.15, 0.2) is 0 Å². The molecule has 2 aliphatic rings. The van der Waals surface area contributed by atoms with Crippen molar-refractivity contribution in [2.45, 2.75) is 57.2 Å². The van der Waals surface area contributed by atoms with E-state index >= 15 is 0 Å². The molecule has 1 heterocycles. The zero-order valence-electron chi connectivity index (χ0n) is 28.2. The van der Waals surface area contributed by atoms with E-state index in [4.69, 9.17) is 14.8 Å². The Balaban J connectivity index is 1.42. The van der Waals surface area contributed by atoms with Gasteiger partial charge in [0.2, 0.25) is 18.0 Å². The molecule has 0 saturated heterocycles. The van der Waals surface area contributed by atoms with E-state index in [-0.39, 0.29) is 24.6 Å². The lowest BCUT2D eigenvalue weighted by molar-refractivity contribution is -0.131. The van der Waals surface area contributed by atoms with Crippen molar-refractivity contribution in [1.29, 1.82) is 0 Å². The number of nitrogens with one attached hydrogen (secondary N) is 2. The lowest BCUT2D eigenvalue weighted by atomic mass is 9.87. The number of benzodiazepines with no additional fused rings is 1. The molecular formula is C36H42N5O9P. The van der Waals surface area contributed by atoms with E-state index in [9.17, 15) is 28.8 Å². The summed E-state index contributed by atoms with van der Waals surface area (Å²) in [5, 5.41) is 14.4. The van der Waals surface area contributed by atoms with Gasteiger partial charge in [0.25, 0.3) is 5.91 Å². The van der Waals surface area contributed by atoms with Crippen molar-refractivity contribution in [2.24, 2.45) is 10.9 Å². The molecule has 1 aliphatic carbocycles. The van der Waals surface area contributed by atoms with E-state index in [0.29, 0.717) is 40.6 Å². The number of para-hydroxylation sites is 1. The van der Waals surface area contributed by atoms with Gasteiger partial charge in [0.05, 0.1) is 11.4 Å². The van der Waals surface area contributed by atoms with Crippen molar-refractivity contribution in [2.75, 3.05) is 25.0 Å². The summed E-state index contributed by atoms with van der Waals surface area (Å²) in [6.07, 6.45) is 3.60. The molecule has 1 saturated carbocycles. The van der Waals surface area contributed by atoms with Crippen LogP contribution in [0.1, 0.15) is 55.2 Å². The second kappa shape index (κ2) is 16.8. The van der Waals surface area contributed by atoms with E-state index in [1.165, 1.54) is 48.4 Å². The Labute approximate surface area is 295 Å². The van der Waals surface area contributed by atoms with Crippen LogP contribution in [0.15, 0.2) is 83.9 Å². The number of carbonyl (C=O) groups is 4. The van der Waals surface area contributed by atoms with Gasteiger partial charge < -0.3 is 25.2 Å². The number of carboxylic acid groups (broad SMARTS) is 1. The first-order valence-electron chi connectivity index (χ1n) is 16.8. The molecular weight excluding hydrogens is 677 g/mol. The molecule has 1 fully saturated rings. The zero-order valence-corrected chi connectivity index (χ0v) is 29.1. The number of amides is 4. The quantitative estimate of drug-likeness (QED) is 0.162. The number of phosphoric ester groups is 1. The van der Waals surface area contributed by atoms with Gasteiger partial charge in [-0.2, -0.15) is 0 Å². The standard InChI is InChI=1S/C36H42N5O9P/c1-40(21-20-24-10-4-2-5-11-24)31(42)23-41-30-15-9-8-14-28(30)32(26-12-6-3-7-13-26)38-33(35(41)44)39-34(43)29(37-36(45)46)22-25-16-18-27(19-17-25)50-51(47,48)49/h3,6-9,12-19,24,29,33,37H,2,4-5,10-11,20-23H2,1H3,(H,39,43)(H,45,46)(H2,47,48,49). The number of aliphatic imine (C=N–C) groups is 1. The lowest BCUT2D eigenvalue weighted by Crippen LogP contribution is -2.55. The molecule has 0 spiro atoms. The summed E-state index contributed by atoms with van der Waals surface area (Å²) in [4.78, 5) is 79.3. The minimum absolute atomic E-state index is 0.125. The van der Waals surface area contributed by atoms with Crippen LogP contribution in [0.2, 0.25) is 0 Å². The number of carbonyl (C=O) groups excluding carboxylic acids is 3. The molecule has 0 radical (unpaired) electrons. The highest BCUT2D eigenvalue weighted by atomic mass is 31.2. The van der Waals surface area contributed by atoms with Gasteiger partial charge in [-0.05, 0) is 36.1 Å². The Hall–Kier alpha value is -5.04. The Morgan fingerprint density at radius 3 is 2.31 bits per heavy atom. The van der Waals surface area contributed by atoms with Crippen molar-refractivity contribution in [3.8, 4) is 5.75 Å². The largest absolute Gasteiger partial charge is 0.524 e. The average molecular weight is 720 g/mol. The van der Waals surface area contributed by atoms with Crippen molar-refractivity contribution >= 4 is 43.0 Å². The summed E-state index contributed by atoms with van der Waals surface area (Å²) >= 11 is 0. The predicted molar refractivity (Wildman–Crippen MR) is 189 cm³/mol. The number of benzene rings is 3. The van der Waals surface area contributed by atoms with Crippen molar-refractivity contribution < 1.29 is 43.2 Å². The third-order valence-electron chi connectivity index (χ3n) is 9.05. The summed E-state index contributed by atoms with van der Waals surface area (Å²) in [7, 11) is -3.08. The van der Waals surface area contributed by atoms with Crippen LogP contribution in [0.3, 0.4) is 0 Å².